The molecular formula is C36H44N2O9. The average Bonchev–Trinajstić information content (AvgIpc) is 3.12. The Bertz CT molecular complexity index is 1510. The number of carbonyl (C=O) groups is 2. The molecule has 0 bridgehead atoms. The van der Waals surface area contributed by atoms with Crippen LogP contribution in [0.15, 0.2) is 54.6 Å². The van der Waals surface area contributed by atoms with Gasteiger partial charge in [0, 0.05) is 12.6 Å². The lowest BCUT2D eigenvalue weighted by Crippen LogP contribution is -2.53. The van der Waals surface area contributed by atoms with Crippen molar-refractivity contribution in [3.63, 3.8) is 0 Å². The van der Waals surface area contributed by atoms with E-state index < -0.39 is 18.1 Å². The molecule has 2 atom stereocenters. The molecule has 11 heteroatoms. The number of amides is 2. The maximum absolute atomic E-state index is 14.6. The summed E-state index contributed by atoms with van der Waals surface area (Å²) in [4.78, 5) is 30.6. The molecule has 2 aliphatic rings. The molecule has 3 aromatic rings. The maximum Gasteiger partial charge on any atom is 0.268 e. The third kappa shape index (κ3) is 7.61. The number of rotatable bonds is 13. The summed E-state index contributed by atoms with van der Waals surface area (Å²) in [5.41, 5.74) is 1.40. The second-order valence-corrected chi connectivity index (χ2v) is 11.5. The zero-order chi connectivity index (χ0) is 33.3. The minimum atomic E-state index is -1.06. The molecule has 0 unspecified atom stereocenters. The van der Waals surface area contributed by atoms with Crippen LogP contribution in [-0.2, 0) is 16.0 Å². The summed E-state index contributed by atoms with van der Waals surface area (Å²) >= 11 is 0. The lowest BCUT2D eigenvalue weighted by molar-refractivity contribution is -0.148. The van der Waals surface area contributed by atoms with Crippen LogP contribution in [0, 0.1) is 0 Å². The fourth-order valence-electron chi connectivity index (χ4n) is 6.24. The van der Waals surface area contributed by atoms with Gasteiger partial charge in [0.15, 0.2) is 34.5 Å². The van der Waals surface area contributed by atoms with Crippen LogP contribution in [0.4, 0.5) is 0 Å². The highest BCUT2D eigenvalue weighted by Gasteiger charge is 2.39. The predicted octanol–water partition coefficient (Wildman–Crippen LogP) is 5.13. The van der Waals surface area contributed by atoms with Crippen LogP contribution in [-0.4, -0.2) is 77.6 Å². The van der Waals surface area contributed by atoms with E-state index in [2.05, 4.69) is 5.32 Å². The largest absolute Gasteiger partial charge is 0.493 e. The summed E-state index contributed by atoms with van der Waals surface area (Å²) in [6.45, 7) is 0.171. The Morgan fingerprint density at radius 2 is 1.47 bits per heavy atom. The Morgan fingerprint density at radius 1 is 0.809 bits per heavy atom. The smallest absolute Gasteiger partial charge is 0.268 e. The summed E-state index contributed by atoms with van der Waals surface area (Å²) in [5, 5.41) is 3.25. The molecule has 1 aliphatic carbocycles. The number of ether oxygens (including phenoxy) is 7. The number of nitrogens with one attached hydrogen (secondary N) is 1. The molecule has 1 N–H and O–H groups in total. The van der Waals surface area contributed by atoms with Gasteiger partial charge < -0.3 is 43.4 Å². The Kier molecular flexibility index (Phi) is 11.2. The first-order chi connectivity index (χ1) is 22.9. The van der Waals surface area contributed by atoms with Gasteiger partial charge >= 0.3 is 0 Å². The van der Waals surface area contributed by atoms with Gasteiger partial charge in [0.05, 0.1) is 35.5 Å². The zero-order valence-corrected chi connectivity index (χ0v) is 27.7. The first kappa shape index (κ1) is 33.6. The van der Waals surface area contributed by atoms with Crippen LogP contribution in [0.25, 0.3) is 0 Å². The van der Waals surface area contributed by atoms with Crippen molar-refractivity contribution in [1.82, 2.24) is 10.2 Å². The van der Waals surface area contributed by atoms with Crippen molar-refractivity contribution in [1.29, 1.82) is 0 Å². The lowest BCUT2D eigenvalue weighted by atomic mass is 9.94. The summed E-state index contributed by atoms with van der Waals surface area (Å²) in [6, 6.07) is 15.2. The van der Waals surface area contributed by atoms with Crippen molar-refractivity contribution < 1.29 is 42.7 Å². The summed E-state index contributed by atoms with van der Waals surface area (Å²) in [5.74, 6) is 2.62. The van der Waals surface area contributed by atoms with Crippen LogP contribution in [0.3, 0.4) is 0 Å². The molecule has 2 amide bonds. The van der Waals surface area contributed by atoms with Gasteiger partial charge in [-0.05, 0) is 66.8 Å². The van der Waals surface area contributed by atoms with Gasteiger partial charge in [-0.1, -0.05) is 37.5 Å². The standard InChI is InChI=1S/C36H44N2O9/c1-41-26-16-15-23(19-29(26)42-2)17-18-38(36(40)32-22-46-27-13-9-10-14-28(27)47-32)33(35(39)37-25-11-7-6-8-12-25)24-20-30(43-3)34(45-5)31(21-24)44-4/h9-10,13-16,19-21,25,32-33H,6-8,11-12,17-18,22H2,1-5H3,(H,37,39)/t32-,33+/m0/s1. The van der Waals surface area contributed by atoms with E-state index >= 15 is 0 Å². The number of nitrogens with zero attached hydrogens (tertiary/aromatic N) is 1. The van der Waals surface area contributed by atoms with Crippen LogP contribution in [0.1, 0.15) is 49.3 Å². The van der Waals surface area contributed by atoms with E-state index in [0.717, 1.165) is 37.7 Å². The average molecular weight is 649 g/mol. The van der Waals surface area contributed by atoms with Crippen molar-refractivity contribution >= 4 is 11.8 Å². The van der Waals surface area contributed by atoms with Crippen molar-refractivity contribution in [3.05, 3.63) is 65.7 Å². The van der Waals surface area contributed by atoms with Gasteiger partial charge in [-0.3, -0.25) is 9.59 Å². The molecule has 1 heterocycles. The fraction of sp³-hybridized carbons (Fsp3) is 0.444. The van der Waals surface area contributed by atoms with Gasteiger partial charge in [-0.25, -0.2) is 0 Å². The van der Waals surface area contributed by atoms with Gasteiger partial charge in [0.25, 0.3) is 5.91 Å². The molecule has 1 saturated carbocycles. The molecule has 0 aromatic heterocycles. The quantitative estimate of drug-likeness (QED) is 0.270. The lowest BCUT2D eigenvalue weighted by Gasteiger charge is -2.36. The normalized spacial score (nSPS) is 16.4. The summed E-state index contributed by atoms with van der Waals surface area (Å²) < 4.78 is 40.0. The highest BCUT2D eigenvalue weighted by atomic mass is 16.6. The Balaban J connectivity index is 1.57. The Morgan fingerprint density at radius 3 is 2.11 bits per heavy atom. The van der Waals surface area contributed by atoms with Crippen LogP contribution in [0.2, 0.25) is 0 Å². The third-order valence-corrected chi connectivity index (χ3v) is 8.67. The van der Waals surface area contributed by atoms with Crippen molar-refractivity contribution in [3.8, 4) is 40.2 Å². The van der Waals surface area contributed by atoms with Crippen molar-refractivity contribution in [2.75, 3.05) is 48.7 Å². The van der Waals surface area contributed by atoms with E-state index in [4.69, 9.17) is 33.2 Å². The van der Waals surface area contributed by atoms with Gasteiger partial charge in [-0.2, -0.15) is 0 Å². The van der Waals surface area contributed by atoms with E-state index in [1.54, 1.807) is 43.4 Å². The van der Waals surface area contributed by atoms with Crippen LogP contribution < -0.4 is 38.5 Å². The predicted molar refractivity (Wildman–Crippen MR) is 175 cm³/mol. The molecule has 3 aromatic carbocycles. The second kappa shape index (κ2) is 15.7. The fourth-order valence-corrected chi connectivity index (χ4v) is 6.24. The van der Waals surface area contributed by atoms with E-state index in [9.17, 15) is 9.59 Å². The minimum absolute atomic E-state index is 0.00438. The minimum Gasteiger partial charge on any atom is -0.493 e. The maximum atomic E-state index is 14.6. The van der Waals surface area contributed by atoms with Crippen LogP contribution >= 0.6 is 0 Å². The van der Waals surface area contributed by atoms with Gasteiger partial charge in [0.1, 0.15) is 12.6 Å². The molecule has 252 valence electrons. The number of para-hydroxylation sites is 2. The highest BCUT2D eigenvalue weighted by molar-refractivity contribution is 5.91. The van der Waals surface area contributed by atoms with Gasteiger partial charge in [-0.15, -0.1) is 0 Å². The second-order valence-electron chi connectivity index (χ2n) is 11.5. The number of hydrogen-bond donors (Lipinski definition) is 1. The Hall–Kier alpha value is -4.80. The molecular weight excluding hydrogens is 604 g/mol. The molecule has 0 saturated heterocycles. The molecule has 0 spiro atoms. The topological polar surface area (TPSA) is 114 Å². The van der Waals surface area contributed by atoms with Gasteiger partial charge in [0.2, 0.25) is 17.8 Å². The Labute approximate surface area is 276 Å². The summed E-state index contributed by atoms with van der Waals surface area (Å²) in [7, 11) is 7.71. The molecule has 47 heavy (non-hydrogen) atoms. The number of methoxy groups -OCH3 is 5. The van der Waals surface area contributed by atoms with E-state index in [0.29, 0.717) is 52.2 Å². The number of hydrogen-bond acceptors (Lipinski definition) is 9. The van der Waals surface area contributed by atoms with Crippen molar-refractivity contribution in [2.24, 2.45) is 0 Å². The zero-order valence-electron chi connectivity index (χ0n) is 27.7. The van der Waals surface area contributed by atoms with Crippen molar-refractivity contribution in [2.45, 2.75) is 56.7 Å². The highest BCUT2D eigenvalue weighted by Crippen LogP contribution is 2.41. The summed E-state index contributed by atoms with van der Waals surface area (Å²) in [6.07, 6.45) is 4.39. The SMILES string of the molecule is COc1ccc(CCN(C(=O)[C@@H]2COc3ccccc3O2)[C@@H](C(=O)NC2CCCCC2)c2cc(OC)c(OC)c(OC)c2)cc1OC. The first-order valence-corrected chi connectivity index (χ1v) is 15.9. The molecule has 11 nitrogen and oxygen atoms in total. The van der Waals surface area contributed by atoms with Crippen LogP contribution in [0.5, 0.6) is 40.2 Å². The molecule has 1 aliphatic heterocycles. The van der Waals surface area contributed by atoms with E-state index in [1.165, 1.54) is 21.3 Å². The van der Waals surface area contributed by atoms with E-state index in [1.807, 2.05) is 30.3 Å². The first-order valence-electron chi connectivity index (χ1n) is 15.9. The van der Waals surface area contributed by atoms with E-state index in [-0.39, 0.29) is 25.1 Å². The third-order valence-electron chi connectivity index (χ3n) is 8.67. The number of benzene rings is 3. The monoisotopic (exact) mass is 648 g/mol. The number of fused-ring (bicyclic) bond motifs is 1. The number of carbonyl (C=O) groups excluding carboxylic acids is 2. The molecule has 1 fully saturated rings. The molecule has 0 radical (unpaired) electrons. The molecule has 5 rings (SSSR count).